The minimum absolute atomic E-state index is 0.198. The first kappa shape index (κ1) is 16.8. The molecule has 4 heteroatoms. The van der Waals surface area contributed by atoms with Gasteiger partial charge in [0.1, 0.15) is 0 Å². The third-order valence-corrected chi connectivity index (χ3v) is 5.33. The van der Waals surface area contributed by atoms with E-state index in [1.54, 1.807) is 0 Å². The minimum Gasteiger partial charge on any atom is -0.450 e. The molecule has 0 radical (unpaired) electrons. The molecule has 1 amide bonds. The largest absolute Gasteiger partial charge is 0.450 e. The number of hydrogen-bond donors (Lipinski definition) is 0. The lowest BCUT2D eigenvalue weighted by Crippen LogP contribution is -2.37. The lowest BCUT2D eigenvalue weighted by molar-refractivity contribution is 0.104. The first-order valence-electron chi connectivity index (χ1n) is 9.44. The van der Waals surface area contributed by atoms with E-state index >= 15 is 0 Å². The van der Waals surface area contributed by atoms with Crippen molar-refractivity contribution in [2.75, 3.05) is 19.7 Å². The van der Waals surface area contributed by atoms with Crippen molar-refractivity contribution in [1.82, 2.24) is 9.88 Å². The van der Waals surface area contributed by atoms with Gasteiger partial charge in [0.15, 0.2) is 0 Å². The number of carbonyl (C=O) groups is 1. The van der Waals surface area contributed by atoms with E-state index in [0.717, 1.165) is 31.4 Å². The van der Waals surface area contributed by atoms with Crippen molar-refractivity contribution in [2.45, 2.75) is 32.6 Å². The van der Waals surface area contributed by atoms with Gasteiger partial charge in [0.2, 0.25) is 0 Å². The number of nitrogens with zero attached hydrogens (tertiary/aromatic N) is 2. The molecule has 0 spiro atoms. The van der Waals surface area contributed by atoms with E-state index in [4.69, 9.17) is 9.72 Å². The molecule has 0 unspecified atom stereocenters. The Bertz CT molecular complexity index is 797. The van der Waals surface area contributed by atoms with Crippen molar-refractivity contribution in [3.63, 3.8) is 0 Å². The molecule has 2 aliphatic rings. The van der Waals surface area contributed by atoms with Crippen LogP contribution in [0.15, 0.2) is 48.2 Å². The number of aryl methyl sites for hydroxylation is 2. The number of rotatable bonds is 1. The molecule has 2 aromatic rings. The fourth-order valence-electron chi connectivity index (χ4n) is 4.03. The fraction of sp³-hybridized carbons (Fsp3) is 0.364. The second-order valence-electron chi connectivity index (χ2n) is 6.83. The number of amides is 1. The maximum atomic E-state index is 12.0. The molecule has 0 N–H and O–H groups in total. The molecule has 4 rings (SSSR count). The van der Waals surface area contributed by atoms with Crippen LogP contribution in [-0.2, 0) is 17.6 Å². The second-order valence-corrected chi connectivity index (χ2v) is 6.83. The predicted molar refractivity (Wildman–Crippen MR) is 102 cm³/mol. The lowest BCUT2D eigenvalue weighted by Gasteiger charge is -2.29. The Balaban J connectivity index is 1.74. The summed E-state index contributed by atoms with van der Waals surface area (Å²) in [5, 5.41) is 0. The average molecular weight is 348 g/mol. The fourth-order valence-corrected chi connectivity index (χ4v) is 4.03. The molecule has 1 aromatic heterocycles. The molecule has 1 aromatic carbocycles. The number of benzene rings is 1. The molecule has 26 heavy (non-hydrogen) atoms. The molecular formula is C22H24N2O2. The molecule has 4 nitrogen and oxygen atoms in total. The van der Waals surface area contributed by atoms with E-state index in [1.807, 2.05) is 24.1 Å². The number of ether oxygens (including phenoxy) is 1. The Labute approximate surface area is 154 Å². The van der Waals surface area contributed by atoms with Crippen molar-refractivity contribution in [3.8, 4) is 0 Å². The van der Waals surface area contributed by atoms with Crippen LogP contribution in [0.4, 0.5) is 4.79 Å². The van der Waals surface area contributed by atoms with Gasteiger partial charge in [0, 0.05) is 24.9 Å². The van der Waals surface area contributed by atoms with Crippen LogP contribution in [0.5, 0.6) is 0 Å². The standard InChI is InChI=1S/C22H24N2O2/c1-2-26-22(25)24-14-11-17(12-15-24)20-19-8-4-3-6-16(19)9-10-18-7-5-13-23-21(18)20/h3-8,13H,2,9-12,14-15H2,1H3. The van der Waals surface area contributed by atoms with E-state index in [9.17, 15) is 4.79 Å². The number of likely N-dealkylation sites (tertiary alicyclic amines) is 1. The number of piperidine rings is 1. The summed E-state index contributed by atoms with van der Waals surface area (Å²) in [6, 6.07) is 12.9. The van der Waals surface area contributed by atoms with Crippen LogP contribution < -0.4 is 0 Å². The number of hydrogen-bond acceptors (Lipinski definition) is 3. The van der Waals surface area contributed by atoms with Gasteiger partial charge in [0.05, 0.1) is 12.3 Å². The van der Waals surface area contributed by atoms with Gasteiger partial charge in [-0.05, 0) is 55.4 Å². The highest BCUT2D eigenvalue weighted by Gasteiger charge is 2.26. The number of carbonyl (C=O) groups excluding carboxylic acids is 1. The highest BCUT2D eigenvalue weighted by atomic mass is 16.6. The smallest absolute Gasteiger partial charge is 0.409 e. The topological polar surface area (TPSA) is 42.4 Å². The van der Waals surface area contributed by atoms with Crippen LogP contribution in [0, 0.1) is 0 Å². The highest BCUT2D eigenvalue weighted by Crippen LogP contribution is 2.37. The first-order valence-corrected chi connectivity index (χ1v) is 9.44. The normalized spacial score (nSPS) is 16.6. The third-order valence-electron chi connectivity index (χ3n) is 5.33. The lowest BCUT2D eigenvalue weighted by atomic mass is 9.89. The zero-order chi connectivity index (χ0) is 17.9. The molecular weight excluding hydrogens is 324 g/mol. The Morgan fingerprint density at radius 2 is 1.77 bits per heavy atom. The van der Waals surface area contributed by atoms with Crippen LogP contribution in [0.2, 0.25) is 0 Å². The van der Waals surface area contributed by atoms with Gasteiger partial charge < -0.3 is 9.64 Å². The summed E-state index contributed by atoms with van der Waals surface area (Å²) in [4.78, 5) is 18.6. The van der Waals surface area contributed by atoms with Crippen molar-refractivity contribution >= 4 is 11.7 Å². The average Bonchev–Trinajstić information content (AvgIpc) is 2.85. The van der Waals surface area contributed by atoms with E-state index in [0.29, 0.717) is 19.7 Å². The number of pyridine rings is 1. The van der Waals surface area contributed by atoms with Crippen molar-refractivity contribution in [1.29, 1.82) is 0 Å². The molecule has 0 saturated carbocycles. The number of aromatic nitrogens is 1. The van der Waals surface area contributed by atoms with Crippen molar-refractivity contribution in [2.24, 2.45) is 0 Å². The Morgan fingerprint density at radius 3 is 2.58 bits per heavy atom. The van der Waals surface area contributed by atoms with Crippen LogP contribution >= 0.6 is 0 Å². The maximum absolute atomic E-state index is 12.0. The van der Waals surface area contributed by atoms with Gasteiger partial charge in [-0.15, -0.1) is 0 Å². The quantitative estimate of drug-likeness (QED) is 0.774. The summed E-state index contributed by atoms with van der Waals surface area (Å²) in [5.41, 5.74) is 7.83. The Hall–Kier alpha value is -2.62. The Morgan fingerprint density at radius 1 is 1.04 bits per heavy atom. The first-order chi connectivity index (χ1) is 12.8. The van der Waals surface area contributed by atoms with Gasteiger partial charge in [-0.3, -0.25) is 4.98 Å². The zero-order valence-corrected chi connectivity index (χ0v) is 15.2. The van der Waals surface area contributed by atoms with Gasteiger partial charge in [0.25, 0.3) is 0 Å². The van der Waals surface area contributed by atoms with E-state index in [2.05, 4.69) is 30.3 Å². The van der Waals surface area contributed by atoms with Gasteiger partial charge in [-0.2, -0.15) is 0 Å². The van der Waals surface area contributed by atoms with E-state index in [1.165, 1.54) is 27.8 Å². The summed E-state index contributed by atoms with van der Waals surface area (Å²) in [6.07, 6.45) is 5.50. The molecule has 1 aliphatic carbocycles. The van der Waals surface area contributed by atoms with Crippen molar-refractivity contribution in [3.05, 3.63) is 70.6 Å². The number of fused-ring (bicyclic) bond motifs is 2. The predicted octanol–water partition coefficient (Wildman–Crippen LogP) is 4.23. The van der Waals surface area contributed by atoms with Crippen LogP contribution in [0.3, 0.4) is 0 Å². The third kappa shape index (κ3) is 3.12. The maximum Gasteiger partial charge on any atom is 0.409 e. The summed E-state index contributed by atoms with van der Waals surface area (Å²) in [5.74, 6) is 0. The van der Waals surface area contributed by atoms with E-state index in [-0.39, 0.29) is 6.09 Å². The minimum atomic E-state index is -0.198. The van der Waals surface area contributed by atoms with Gasteiger partial charge in [-0.25, -0.2) is 4.79 Å². The van der Waals surface area contributed by atoms with Crippen LogP contribution in [0.1, 0.15) is 42.1 Å². The molecule has 1 aliphatic heterocycles. The second kappa shape index (κ2) is 7.32. The van der Waals surface area contributed by atoms with Gasteiger partial charge >= 0.3 is 6.09 Å². The monoisotopic (exact) mass is 348 g/mol. The summed E-state index contributed by atoms with van der Waals surface area (Å²) in [6.45, 7) is 3.69. The van der Waals surface area contributed by atoms with Crippen molar-refractivity contribution < 1.29 is 9.53 Å². The SMILES string of the molecule is CCOC(=O)N1CCC(=C2c3ccccc3CCc3cccnc32)CC1. The molecule has 134 valence electrons. The van der Waals surface area contributed by atoms with Crippen LogP contribution in [0.25, 0.3) is 5.57 Å². The summed E-state index contributed by atoms with van der Waals surface area (Å²) < 4.78 is 5.15. The summed E-state index contributed by atoms with van der Waals surface area (Å²) in [7, 11) is 0. The molecule has 0 bridgehead atoms. The highest BCUT2D eigenvalue weighted by molar-refractivity contribution is 5.84. The Kier molecular flexibility index (Phi) is 4.74. The van der Waals surface area contributed by atoms with Gasteiger partial charge in [-0.1, -0.05) is 35.9 Å². The van der Waals surface area contributed by atoms with E-state index < -0.39 is 0 Å². The molecule has 0 atom stereocenters. The molecule has 1 fully saturated rings. The van der Waals surface area contributed by atoms with Crippen LogP contribution in [-0.4, -0.2) is 35.7 Å². The summed E-state index contributed by atoms with van der Waals surface area (Å²) >= 11 is 0. The molecule has 1 saturated heterocycles. The zero-order valence-electron chi connectivity index (χ0n) is 15.2. The molecule has 2 heterocycles.